The third kappa shape index (κ3) is 1.92. The van der Waals surface area contributed by atoms with Gasteiger partial charge in [-0.3, -0.25) is 4.90 Å². The molecule has 1 N–H and O–H groups in total. The summed E-state index contributed by atoms with van der Waals surface area (Å²) in [6.07, 6.45) is 1.72. The summed E-state index contributed by atoms with van der Waals surface area (Å²) >= 11 is 0. The van der Waals surface area contributed by atoms with Crippen molar-refractivity contribution in [1.29, 1.82) is 0 Å². The van der Waals surface area contributed by atoms with E-state index in [-0.39, 0.29) is 10.9 Å². The van der Waals surface area contributed by atoms with Crippen LogP contribution in [0.15, 0.2) is 6.07 Å². The highest BCUT2D eigenvalue weighted by molar-refractivity contribution is 5.86. The lowest BCUT2D eigenvalue weighted by Gasteiger charge is -2.26. The van der Waals surface area contributed by atoms with Crippen LogP contribution in [-0.4, -0.2) is 23.0 Å². The fourth-order valence-electron chi connectivity index (χ4n) is 2.85. The molecule has 1 aliphatic rings. The standard InChI is InChI=1S/C14H15F3N2/c1-2-4-19-5-3-11-8(7-19)12-13(17)9(15)6-10(16)14(12)18-11/h6,18H,2-5,7H2,1H3. The third-order valence-electron chi connectivity index (χ3n) is 3.71. The lowest BCUT2D eigenvalue weighted by Crippen LogP contribution is -2.30. The van der Waals surface area contributed by atoms with Gasteiger partial charge in [0.2, 0.25) is 0 Å². The number of aromatic amines is 1. The van der Waals surface area contributed by atoms with Crippen LogP contribution in [0.3, 0.4) is 0 Å². The maximum atomic E-state index is 13.9. The Bertz CT molecular complexity index is 633. The van der Waals surface area contributed by atoms with Gasteiger partial charge in [-0.2, -0.15) is 0 Å². The Labute approximate surface area is 109 Å². The number of hydrogen-bond donors (Lipinski definition) is 1. The molecule has 1 aromatic carbocycles. The van der Waals surface area contributed by atoms with Crippen LogP contribution in [0.1, 0.15) is 24.6 Å². The van der Waals surface area contributed by atoms with Crippen molar-refractivity contribution in [2.75, 3.05) is 13.1 Å². The SMILES string of the molecule is CCCN1CCc2[nH]c3c(F)cc(F)c(F)c3c2C1. The summed E-state index contributed by atoms with van der Waals surface area (Å²) in [5, 5.41) is 0.0771. The maximum absolute atomic E-state index is 13.9. The maximum Gasteiger partial charge on any atom is 0.168 e. The Morgan fingerprint density at radius 3 is 2.79 bits per heavy atom. The minimum atomic E-state index is -1.13. The van der Waals surface area contributed by atoms with Crippen LogP contribution in [-0.2, 0) is 13.0 Å². The molecular formula is C14H15F3N2. The number of aromatic nitrogens is 1. The van der Waals surface area contributed by atoms with E-state index in [1.807, 2.05) is 0 Å². The van der Waals surface area contributed by atoms with E-state index in [0.29, 0.717) is 24.6 Å². The van der Waals surface area contributed by atoms with Crippen molar-refractivity contribution in [2.24, 2.45) is 0 Å². The molecule has 5 heteroatoms. The van der Waals surface area contributed by atoms with Crippen LogP contribution < -0.4 is 0 Å². The summed E-state index contributed by atoms with van der Waals surface area (Å²) in [5.74, 6) is -2.81. The van der Waals surface area contributed by atoms with Gasteiger partial charge in [0, 0.05) is 36.7 Å². The summed E-state index contributed by atoms with van der Waals surface area (Å²) in [7, 11) is 0. The van der Waals surface area contributed by atoms with E-state index in [4.69, 9.17) is 0 Å². The highest BCUT2D eigenvalue weighted by atomic mass is 19.2. The van der Waals surface area contributed by atoms with Crippen LogP contribution in [0.2, 0.25) is 0 Å². The molecule has 0 amide bonds. The van der Waals surface area contributed by atoms with Gasteiger partial charge in [-0.25, -0.2) is 13.2 Å². The lowest BCUT2D eigenvalue weighted by molar-refractivity contribution is 0.254. The average Bonchev–Trinajstić information content (AvgIpc) is 2.76. The molecule has 0 saturated heterocycles. The van der Waals surface area contributed by atoms with Gasteiger partial charge in [-0.15, -0.1) is 0 Å². The van der Waals surface area contributed by atoms with E-state index in [1.54, 1.807) is 0 Å². The number of fused-ring (bicyclic) bond motifs is 3. The monoisotopic (exact) mass is 268 g/mol. The number of H-pyrrole nitrogens is 1. The Kier molecular flexibility index (Phi) is 3.01. The molecule has 102 valence electrons. The average molecular weight is 268 g/mol. The summed E-state index contributed by atoms with van der Waals surface area (Å²) < 4.78 is 41.0. The Balaban J connectivity index is 2.17. The van der Waals surface area contributed by atoms with Gasteiger partial charge in [0.05, 0.1) is 5.52 Å². The zero-order chi connectivity index (χ0) is 13.6. The Morgan fingerprint density at radius 1 is 1.26 bits per heavy atom. The fraction of sp³-hybridized carbons (Fsp3) is 0.429. The van der Waals surface area contributed by atoms with E-state index in [9.17, 15) is 13.2 Å². The number of nitrogens with zero attached hydrogens (tertiary/aromatic N) is 1. The van der Waals surface area contributed by atoms with Crippen molar-refractivity contribution in [3.05, 3.63) is 34.8 Å². The molecule has 0 bridgehead atoms. The predicted molar refractivity (Wildman–Crippen MR) is 67.4 cm³/mol. The minimum absolute atomic E-state index is 0.0771. The molecule has 2 nitrogen and oxygen atoms in total. The van der Waals surface area contributed by atoms with E-state index in [0.717, 1.165) is 25.2 Å². The van der Waals surface area contributed by atoms with Gasteiger partial charge in [-0.05, 0) is 18.5 Å². The van der Waals surface area contributed by atoms with Crippen molar-refractivity contribution in [3.8, 4) is 0 Å². The molecule has 0 radical (unpaired) electrons. The molecule has 0 unspecified atom stereocenters. The van der Waals surface area contributed by atoms with Crippen LogP contribution in [0.25, 0.3) is 10.9 Å². The van der Waals surface area contributed by atoms with Gasteiger partial charge in [0.15, 0.2) is 11.6 Å². The highest BCUT2D eigenvalue weighted by Crippen LogP contribution is 2.32. The zero-order valence-electron chi connectivity index (χ0n) is 10.7. The van der Waals surface area contributed by atoms with Gasteiger partial charge >= 0.3 is 0 Å². The fourth-order valence-corrected chi connectivity index (χ4v) is 2.85. The van der Waals surface area contributed by atoms with E-state index < -0.39 is 17.5 Å². The first-order valence-electron chi connectivity index (χ1n) is 6.51. The summed E-state index contributed by atoms with van der Waals surface area (Å²) in [4.78, 5) is 5.09. The third-order valence-corrected chi connectivity index (χ3v) is 3.71. The van der Waals surface area contributed by atoms with Gasteiger partial charge < -0.3 is 4.98 Å². The Morgan fingerprint density at radius 2 is 2.05 bits per heavy atom. The molecule has 2 heterocycles. The van der Waals surface area contributed by atoms with Crippen LogP contribution >= 0.6 is 0 Å². The van der Waals surface area contributed by atoms with Crippen LogP contribution in [0.4, 0.5) is 13.2 Å². The summed E-state index contributed by atoms with van der Waals surface area (Å²) in [6.45, 7) is 4.39. The second kappa shape index (κ2) is 4.56. The topological polar surface area (TPSA) is 19.0 Å². The molecule has 0 fully saturated rings. The first kappa shape index (κ1) is 12.5. The van der Waals surface area contributed by atoms with E-state index in [2.05, 4.69) is 16.8 Å². The number of halogens is 3. The normalized spacial score (nSPS) is 16.0. The molecule has 3 rings (SSSR count). The Hall–Kier alpha value is -1.49. The number of benzene rings is 1. The molecule has 19 heavy (non-hydrogen) atoms. The quantitative estimate of drug-likeness (QED) is 0.827. The second-order valence-electron chi connectivity index (χ2n) is 5.01. The van der Waals surface area contributed by atoms with Gasteiger partial charge in [0.25, 0.3) is 0 Å². The van der Waals surface area contributed by atoms with Gasteiger partial charge in [0.1, 0.15) is 5.82 Å². The van der Waals surface area contributed by atoms with Crippen LogP contribution in [0.5, 0.6) is 0 Å². The molecular weight excluding hydrogens is 253 g/mol. The molecule has 0 saturated carbocycles. The van der Waals surface area contributed by atoms with Crippen molar-refractivity contribution in [3.63, 3.8) is 0 Å². The number of rotatable bonds is 2. The molecule has 0 atom stereocenters. The number of nitrogens with one attached hydrogen (secondary N) is 1. The van der Waals surface area contributed by atoms with E-state index >= 15 is 0 Å². The molecule has 1 aliphatic heterocycles. The highest BCUT2D eigenvalue weighted by Gasteiger charge is 2.25. The number of hydrogen-bond acceptors (Lipinski definition) is 1. The first-order chi connectivity index (χ1) is 9.11. The molecule has 0 spiro atoms. The minimum Gasteiger partial charge on any atom is -0.356 e. The van der Waals surface area contributed by atoms with Crippen molar-refractivity contribution in [2.45, 2.75) is 26.3 Å². The smallest absolute Gasteiger partial charge is 0.168 e. The molecule has 1 aromatic heterocycles. The first-order valence-corrected chi connectivity index (χ1v) is 6.51. The summed E-state index contributed by atoms with van der Waals surface area (Å²) in [6, 6.07) is 0.601. The largest absolute Gasteiger partial charge is 0.356 e. The molecule has 2 aromatic rings. The second-order valence-corrected chi connectivity index (χ2v) is 5.01. The lowest BCUT2D eigenvalue weighted by atomic mass is 10.0. The van der Waals surface area contributed by atoms with E-state index in [1.165, 1.54) is 0 Å². The summed E-state index contributed by atoms with van der Waals surface area (Å²) in [5.41, 5.74) is 1.61. The van der Waals surface area contributed by atoms with Crippen LogP contribution in [0, 0.1) is 17.5 Å². The zero-order valence-corrected chi connectivity index (χ0v) is 10.7. The predicted octanol–water partition coefficient (Wildman–Crippen LogP) is 3.35. The van der Waals surface area contributed by atoms with Crippen molar-refractivity contribution in [1.82, 2.24) is 9.88 Å². The van der Waals surface area contributed by atoms with Gasteiger partial charge in [-0.1, -0.05) is 6.92 Å². The molecule has 0 aliphatic carbocycles. The van der Waals surface area contributed by atoms with Crippen molar-refractivity contribution < 1.29 is 13.2 Å². The van der Waals surface area contributed by atoms with Crippen molar-refractivity contribution >= 4 is 10.9 Å².